The molecule has 0 saturated carbocycles. The van der Waals surface area contributed by atoms with E-state index in [2.05, 4.69) is 19.2 Å². The maximum atomic E-state index is 12.1. The number of carbonyl (C=O) groups is 2. The Hall–Kier alpha value is -2.82. The molecule has 1 unspecified atom stereocenters. The zero-order valence-electron chi connectivity index (χ0n) is 14.5. The molecule has 1 amide bonds. The molecule has 5 nitrogen and oxygen atoms in total. The Bertz CT molecular complexity index is 725. The maximum Gasteiger partial charge on any atom is 0.307 e. The van der Waals surface area contributed by atoms with Crippen LogP contribution in [-0.2, 0) is 16.0 Å². The molecular formula is C20H23NO4. The third-order valence-electron chi connectivity index (χ3n) is 4.01. The van der Waals surface area contributed by atoms with Gasteiger partial charge in [-0.25, -0.2) is 0 Å². The average Bonchev–Trinajstić information content (AvgIpc) is 2.61. The number of ether oxygens (including phenoxy) is 1. The first kappa shape index (κ1) is 18.5. The highest BCUT2D eigenvalue weighted by atomic mass is 16.5. The Morgan fingerprint density at radius 1 is 1.12 bits per heavy atom. The van der Waals surface area contributed by atoms with Gasteiger partial charge in [-0.3, -0.25) is 9.59 Å². The monoisotopic (exact) mass is 341 g/mol. The Labute approximate surface area is 147 Å². The predicted octanol–water partition coefficient (Wildman–Crippen LogP) is 3.84. The number of aliphatic carboxylic acids is 1. The van der Waals surface area contributed by atoms with Gasteiger partial charge in [-0.05, 0) is 41.7 Å². The SMILES string of the molecule is CCC(C)c1ccccc1OCC(=O)Nc1ccc(CC(=O)O)cc1. The van der Waals surface area contributed by atoms with Gasteiger partial charge in [0.1, 0.15) is 5.75 Å². The van der Waals surface area contributed by atoms with Gasteiger partial charge in [0.2, 0.25) is 0 Å². The van der Waals surface area contributed by atoms with E-state index in [1.807, 2.05) is 24.3 Å². The number of para-hydroxylation sites is 1. The molecule has 0 radical (unpaired) electrons. The molecule has 2 aromatic rings. The molecule has 0 bridgehead atoms. The summed E-state index contributed by atoms with van der Waals surface area (Å²) in [5, 5.41) is 11.5. The van der Waals surface area contributed by atoms with Crippen molar-refractivity contribution in [1.29, 1.82) is 0 Å². The molecule has 0 aliphatic carbocycles. The fraction of sp³-hybridized carbons (Fsp3) is 0.300. The lowest BCUT2D eigenvalue weighted by atomic mass is 9.98. The summed E-state index contributed by atoms with van der Waals surface area (Å²) in [6, 6.07) is 14.5. The Balaban J connectivity index is 1.92. The average molecular weight is 341 g/mol. The van der Waals surface area contributed by atoms with E-state index in [1.165, 1.54) is 0 Å². The molecule has 0 heterocycles. The van der Waals surface area contributed by atoms with Crippen molar-refractivity contribution in [3.63, 3.8) is 0 Å². The largest absolute Gasteiger partial charge is 0.483 e. The van der Waals surface area contributed by atoms with Crippen molar-refractivity contribution in [3.05, 3.63) is 59.7 Å². The van der Waals surface area contributed by atoms with Gasteiger partial charge in [0.15, 0.2) is 6.61 Å². The molecule has 2 N–H and O–H groups in total. The van der Waals surface area contributed by atoms with Gasteiger partial charge < -0.3 is 15.2 Å². The van der Waals surface area contributed by atoms with E-state index in [0.29, 0.717) is 17.2 Å². The number of benzene rings is 2. The fourth-order valence-corrected chi connectivity index (χ4v) is 2.46. The smallest absolute Gasteiger partial charge is 0.307 e. The quantitative estimate of drug-likeness (QED) is 0.765. The minimum atomic E-state index is -0.884. The molecule has 2 rings (SSSR count). The number of carboxylic acids is 1. The van der Waals surface area contributed by atoms with Crippen LogP contribution in [0.4, 0.5) is 5.69 Å². The number of carboxylic acid groups (broad SMARTS) is 1. The van der Waals surface area contributed by atoms with E-state index in [4.69, 9.17) is 9.84 Å². The number of carbonyl (C=O) groups excluding carboxylic acids is 1. The van der Waals surface area contributed by atoms with Gasteiger partial charge in [-0.15, -0.1) is 0 Å². The minimum Gasteiger partial charge on any atom is -0.483 e. The van der Waals surface area contributed by atoms with Crippen LogP contribution < -0.4 is 10.1 Å². The zero-order valence-corrected chi connectivity index (χ0v) is 14.5. The summed E-state index contributed by atoms with van der Waals surface area (Å²) in [5.41, 5.74) is 2.39. The molecule has 0 fully saturated rings. The molecule has 0 aromatic heterocycles. The van der Waals surface area contributed by atoms with Crippen LogP contribution in [0, 0.1) is 0 Å². The number of rotatable bonds is 8. The normalized spacial score (nSPS) is 11.6. The minimum absolute atomic E-state index is 0.0380. The van der Waals surface area contributed by atoms with E-state index in [-0.39, 0.29) is 18.9 Å². The van der Waals surface area contributed by atoms with Crippen LogP contribution in [0.5, 0.6) is 5.75 Å². The van der Waals surface area contributed by atoms with Gasteiger partial charge in [-0.2, -0.15) is 0 Å². The third-order valence-corrected chi connectivity index (χ3v) is 4.01. The summed E-state index contributed by atoms with van der Waals surface area (Å²) in [5.74, 6) is -0.0556. The van der Waals surface area contributed by atoms with Gasteiger partial charge in [0, 0.05) is 5.69 Å². The van der Waals surface area contributed by atoms with Crippen LogP contribution in [0.15, 0.2) is 48.5 Å². The summed E-state index contributed by atoms with van der Waals surface area (Å²) < 4.78 is 5.68. The Kier molecular flexibility index (Phi) is 6.57. The fourth-order valence-electron chi connectivity index (χ4n) is 2.46. The maximum absolute atomic E-state index is 12.1. The first-order chi connectivity index (χ1) is 12.0. The number of amides is 1. The third kappa shape index (κ3) is 5.64. The predicted molar refractivity (Wildman–Crippen MR) is 97.1 cm³/mol. The van der Waals surface area contributed by atoms with Crippen molar-refractivity contribution in [3.8, 4) is 5.75 Å². The van der Waals surface area contributed by atoms with E-state index >= 15 is 0 Å². The summed E-state index contributed by atoms with van der Waals surface area (Å²) >= 11 is 0. The summed E-state index contributed by atoms with van der Waals surface area (Å²) in [7, 11) is 0. The van der Waals surface area contributed by atoms with Crippen molar-refractivity contribution >= 4 is 17.6 Å². The molecule has 132 valence electrons. The number of hydrogen-bond acceptors (Lipinski definition) is 3. The second kappa shape index (κ2) is 8.87. The molecule has 0 spiro atoms. The Morgan fingerprint density at radius 3 is 2.44 bits per heavy atom. The lowest BCUT2D eigenvalue weighted by Gasteiger charge is -2.15. The molecule has 25 heavy (non-hydrogen) atoms. The summed E-state index contributed by atoms with van der Waals surface area (Å²) in [6.07, 6.45) is 0.957. The van der Waals surface area contributed by atoms with E-state index in [9.17, 15) is 9.59 Å². The zero-order chi connectivity index (χ0) is 18.2. The van der Waals surface area contributed by atoms with E-state index < -0.39 is 5.97 Å². The molecular weight excluding hydrogens is 318 g/mol. The highest BCUT2D eigenvalue weighted by molar-refractivity contribution is 5.91. The second-order valence-electron chi connectivity index (χ2n) is 5.95. The van der Waals surface area contributed by atoms with Crippen LogP contribution in [0.25, 0.3) is 0 Å². The number of hydrogen-bond donors (Lipinski definition) is 2. The van der Waals surface area contributed by atoms with Crippen LogP contribution in [0.2, 0.25) is 0 Å². The standard InChI is InChI=1S/C20H23NO4/c1-3-14(2)17-6-4-5-7-18(17)25-13-19(22)21-16-10-8-15(9-11-16)12-20(23)24/h4-11,14H,3,12-13H2,1-2H3,(H,21,22)(H,23,24). The van der Waals surface area contributed by atoms with Gasteiger partial charge >= 0.3 is 5.97 Å². The van der Waals surface area contributed by atoms with Crippen LogP contribution in [-0.4, -0.2) is 23.6 Å². The first-order valence-corrected chi connectivity index (χ1v) is 8.32. The van der Waals surface area contributed by atoms with Crippen molar-refractivity contribution in [2.45, 2.75) is 32.6 Å². The highest BCUT2D eigenvalue weighted by Gasteiger charge is 2.11. The molecule has 0 saturated heterocycles. The lowest BCUT2D eigenvalue weighted by molar-refractivity contribution is -0.136. The molecule has 1 atom stereocenters. The highest BCUT2D eigenvalue weighted by Crippen LogP contribution is 2.28. The summed E-state index contributed by atoms with van der Waals surface area (Å²) in [4.78, 5) is 22.7. The molecule has 0 aliphatic heterocycles. The second-order valence-corrected chi connectivity index (χ2v) is 5.95. The first-order valence-electron chi connectivity index (χ1n) is 8.32. The summed E-state index contributed by atoms with van der Waals surface area (Å²) in [6.45, 7) is 4.16. The lowest BCUT2D eigenvalue weighted by Crippen LogP contribution is -2.20. The number of anilines is 1. The molecule has 0 aliphatic rings. The van der Waals surface area contributed by atoms with Crippen LogP contribution >= 0.6 is 0 Å². The Morgan fingerprint density at radius 2 is 1.80 bits per heavy atom. The van der Waals surface area contributed by atoms with Gasteiger partial charge in [-0.1, -0.05) is 44.2 Å². The van der Waals surface area contributed by atoms with Crippen molar-refractivity contribution < 1.29 is 19.4 Å². The van der Waals surface area contributed by atoms with Gasteiger partial charge in [0.05, 0.1) is 6.42 Å². The van der Waals surface area contributed by atoms with Crippen molar-refractivity contribution in [2.24, 2.45) is 0 Å². The van der Waals surface area contributed by atoms with Gasteiger partial charge in [0.25, 0.3) is 5.91 Å². The van der Waals surface area contributed by atoms with E-state index in [0.717, 1.165) is 17.7 Å². The van der Waals surface area contributed by atoms with Crippen LogP contribution in [0.1, 0.15) is 37.3 Å². The topological polar surface area (TPSA) is 75.6 Å². The molecule has 2 aromatic carbocycles. The molecule has 5 heteroatoms. The van der Waals surface area contributed by atoms with Crippen molar-refractivity contribution in [1.82, 2.24) is 0 Å². The van der Waals surface area contributed by atoms with E-state index in [1.54, 1.807) is 24.3 Å². The van der Waals surface area contributed by atoms with Crippen molar-refractivity contribution in [2.75, 3.05) is 11.9 Å². The number of nitrogens with one attached hydrogen (secondary N) is 1. The van der Waals surface area contributed by atoms with Crippen LogP contribution in [0.3, 0.4) is 0 Å².